The molecular weight excluding hydrogens is 200 g/mol. The molecule has 1 N–H and O–H groups in total. The lowest BCUT2D eigenvalue weighted by molar-refractivity contribution is 0.202. The van der Waals surface area contributed by atoms with E-state index in [9.17, 15) is 0 Å². The highest BCUT2D eigenvalue weighted by molar-refractivity contribution is 5.15. The zero-order valence-electron chi connectivity index (χ0n) is 10.5. The van der Waals surface area contributed by atoms with Crippen molar-refractivity contribution in [1.82, 2.24) is 10.2 Å². The largest absolute Gasteiger partial charge is 0.469 e. The van der Waals surface area contributed by atoms with Gasteiger partial charge in [-0.15, -0.1) is 0 Å². The van der Waals surface area contributed by atoms with Gasteiger partial charge < -0.3 is 14.6 Å². The Bertz CT molecular complexity index is 339. The van der Waals surface area contributed by atoms with Crippen LogP contribution >= 0.6 is 0 Å². The summed E-state index contributed by atoms with van der Waals surface area (Å²) in [5, 5.41) is 3.44. The molecule has 0 saturated carbocycles. The fourth-order valence-corrected chi connectivity index (χ4v) is 2.58. The smallest absolute Gasteiger partial charge is 0.105 e. The number of hydrogen-bond acceptors (Lipinski definition) is 3. The molecule has 1 unspecified atom stereocenters. The lowest BCUT2D eigenvalue weighted by atomic mass is 9.89. The predicted octanol–water partition coefficient (Wildman–Crippen LogP) is 2.02. The monoisotopic (exact) mass is 222 g/mol. The maximum atomic E-state index is 5.32. The molecule has 1 saturated heterocycles. The Kier molecular flexibility index (Phi) is 3.36. The van der Waals surface area contributed by atoms with E-state index in [-0.39, 0.29) is 0 Å². The lowest BCUT2D eigenvalue weighted by Gasteiger charge is -2.29. The first-order valence-electron chi connectivity index (χ1n) is 6.01. The average molecular weight is 222 g/mol. The molecule has 1 aromatic rings. The van der Waals surface area contributed by atoms with Crippen LogP contribution in [0.2, 0.25) is 0 Å². The van der Waals surface area contributed by atoms with Gasteiger partial charge in [0.1, 0.15) is 5.76 Å². The minimum atomic E-state index is 0.437. The highest BCUT2D eigenvalue weighted by Crippen LogP contribution is 2.26. The molecule has 16 heavy (non-hydrogen) atoms. The molecule has 1 aliphatic rings. The highest BCUT2D eigenvalue weighted by Gasteiger charge is 2.29. The minimum absolute atomic E-state index is 0.437. The molecule has 90 valence electrons. The van der Waals surface area contributed by atoms with Crippen LogP contribution in [0.15, 0.2) is 16.7 Å². The minimum Gasteiger partial charge on any atom is -0.469 e. The first-order valence-corrected chi connectivity index (χ1v) is 6.01. The van der Waals surface area contributed by atoms with Gasteiger partial charge in [-0.2, -0.15) is 0 Å². The molecule has 1 aromatic heterocycles. The van der Waals surface area contributed by atoms with Crippen LogP contribution in [0.5, 0.6) is 0 Å². The van der Waals surface area contributed by atoms with Crippen molar-refractivity contribution in [3.8, 4) is 0 Å². The fourth-order valence-electron chi connectivity index (χ4n) is 2.58. The Balaban J connectivity index is 1.89. The third-order valence-electron chi connectivity index (χ3n) is 3.52. The first-order chi connectivity index (χ1) is 7.59. The molecule has 2 heterocycles. The van der Waals surface area contributed by atoms with E-state index in [1.807, 2.05) is 6.92 Å². The second kappa shape index (κ2) is 4.60. The van der Waals surface area contributed by atoms with E-state index in [0.717, 1.165) is 31.9 Å². The lowest BCUT2D eigenvalue weighted by Crippen LogP contribution is -2.34. The van der Waals surface area contributed by atoms with Crippen LogP contribution in [-0.4, -0.2) is 31.6 Å². The van der Waals surface area contributed by atoms with Gasteiger partial charge in [-0.1, -0.05) is 6.92 Å². The third kappa shape index (κ3) is 2.66. The number of nitrogens with one attached hydrogen (secondary N) is 1. The van der Waals surface area contributed by atoms with Gasteiger partial charge in [0.25, 0.3) is 0 Å². The van der Waals surface area contributed by atoms with Gasteiger partial charge in [-0.25, -0.2) is 0 Å². The average Bonchev–Trinajstić information content (AvgIpc) is 2.77. The number of aryl methyl sites for hydroxylation is 1. The van der Waals surface area contributed by atoms with Crippen molar-refractivity contribution in [2.45, 2.75) is 26.8 Å². The molecule has 0 aliphatic carbocycles. The molecule has 1 atom stereocenters. The van der Waals surface area contributed by atoms with Crippen molar-refractivity contribution in [2.24, 2.45) is 5.41 Å². The van der Waals surface area contributed by atoms with E-state index in [4.69, 9.17) is 4.42 Å². The van der Waals surface area contributed by atoms with Crippen molar-refractivity contribution in [3.05, 3.63) is 23.7 Å². The van der Waals surface area contributed by atoms with Crippen molar-refractivity contribution in [2.75, 3.05) is 26.7 Å². The molecule has 1 aliphatic heterocycles. The van der Waals surface area contributed by atoms with Gasteiger partial charge >= 0.3 is 0 Å². The molecule has 3 heteroatoms. The zero-order valence-corrected chi connectivity index (χ0v) is 10.5. The van der Waals surface area contributed by atoms with Crippen molar-refractivity contribution in [1.29, 1.82) is 0 Å². The molecule has 0 amide bonds. The number of furan rings is 1. The maximum absolute atomic E-state index is 5.32. The van der Waals surface area contributed by atoms with Gasteiger partial charge in [0.2, 0.25) is 0 Å². The van der Waals surface area contributed by atoms with Crippen molar-refractivity contribution in [3.63, 3.8) is 0 Å². The first kappa shape index (κ1) is 11.7. The standard InChI is InChI=1S/C13H22N2O/c1-11-12(4-7-16-11)8-15(3)10-13(2)5-6-14-9-13/h4,7,14H,5-6,8-10H2,1-3H3. The topological polar surface area (TPSA) is 28.4 Å². The molecule has 1 fully saturated rings. The van der Waals surface area contributed by atoms with Gasteiger partial charge in [0, 0.05) is 25.2 Å². The summed E-state index contributed by atoms with van der Waals surface area (Å²) in [6.45, 7) is 8.83. The van der Waals surface area contributed by atoms with E-state index in [1.165, 1.54) is 12.0 Å². The second-order valence-corrected chi connectivity index (χ2v) is 5.41. The quantitative estimate of drug-likeness (QED) is 0.845. The van der Waals surface area contributed by atoms with Crippen LogP contribution in [0.3, 0.4) is 0 Å². The van der Waals surface area contributed by atoms with E-state index >= 15 is 0 Å². The summed E-state index contributed by atoms with van der Waals surface area (Å²) in [7, 11) is 2.19. The van der Waals surface area contributed by atoms with Crippen LogP contribution < -0.4 is 5.32 Å². The Morgan fingerprint density at radius 1 is 1.56 bits per heavy atom. The van der Waals surface area contributed by atoms with Crippen molar-refractivity contribution < 1.29 is 4.42 Å². The third-order valence-corrected chi connectivity index (χ3v) is 3.52. The molecule has 0 bridgehead atoms. The van der Waals surface area contributed by atoms with Gasteiger partial charge in [-0.05, 0) is 38.4 Å². The summed E-state index contributed by atoms with van der Waals surface area (Å²) >= 11 is 0. The summed E-state index contributed by atoms with van der Waals surface area (Å²) in [4.78, 5) is 2.39. The van der Waals surface area contributed by atoms with E-state index in [1.54, 1.807) is 6.26 Å². The van der Waals surface area contributed by atoms with Crippen LogP contribution in [0.1, 0.15) is 24.7 Å². The van der Waals surface area contributed by atoms with Crippen LogP contribution in [0.25, 0.3) is 0 Å². The fraction of sp³-hybridized carbons (Fsp3) is 0.692. The highest BCUT2D eigenvalue weighted by atomic mass is 16.3. The molecule has 0 radical (unpaired) electrons. The zero-order chi connectivity index (χ0) is 11.6. The number of nitrogens with zero attached hydrogens (tertiary/aromatic N) is 1. The normalized spacial score (nSPS) is 25.5. The molecule has 2 rings (SSSR count). The Hall–Kier alpha value is -0.800. The van der Waals surface area contributed by atoms with Gasteiger partial charge in [-0.3, -0.25) is 0 Å². The number of hydrogen-bond donors (Lipinski definition) is 1. The Morgan fingerprint density at radius 3 is 2.94 bits per heavy atom. The predicted molar refractivity (Wildman–Crippen MR) is 65.4 cm³/mol. The second-order valence-electron chi connectivity index (χ2n) is 5.41. The molecule has 0 spiro atoms. The SMILES string of the molecule is Cc1occc1CN(C)CC1(C)CCNC1. The molecular formula is C13H22N2O. The Morgan fingerprint density at radius 2 is 2.38 bits per heavy atom. The summed E-state index contributed by atoms with van der Waals surface area (Å²) in [6.07, 6.45) is 3.05. The van der Waals surface area contributed by atoms with Crippen molar-refractivity contribution >= 4 is 0 Å². The maximum Gasteiger partial charge on any atom is 0.105 e. The summed E-state index contributed by atoms with van der Waals surface area (Å²) < 4.78 is 5.32. The van der Waals surface area contributed by atoms with Gasteiger partial charge in [0.05, 0.1) is 6.26 Å². The van der Waals surface area contributed by atoms with Crippen LogP contribution in [-0.2, 0) is 6.54 Å². The van der Waals surface area contributed by atoms with Gasteiger partial charge in [0.15, 0.2) is 0 Å². The number of rotatable bonds is 4. The molecule has 0 aromatic carbocycles. The Labute approximate surface area is 97.8 Å². The molecule has 3 nitrogen and oxygen atoms in total. The van der Waals surface area contributed by atoms with Crippen LogP contribution in [0.4, 0.5) is 0 Å². The summed E-state index contributed by atoms with van der Waals surface area (Å²) in [5.41, 5.74) is 1.74. The van der Waals surface area contributed by atoms with E-state index in [0.29, 0.717) is 5.41 Å². The van der Waals surface area contributed by atoms with E-state index < -0.39 is 0 Å². The van der Waals surface area contributed by atoms with E-state index in [2.05, 4.69) is 30.3 Å². The summed E-state index contributed by atoms with van der Waals surface area (Å²) in [5.74, 6) is 1.04. The van der Waals surface area contributed by atoms with Crippen LogP contribution in [0, 0.1) is 12.3 Å². The summed E-state index contributed by atoms with van der Waals surface area (Å²) in [6, 6.07) is 2.07.